The number of carbonyl (C=O) groups is 1. The third kappa shape index (κ3) is 3.94. The molecule has 0 saturated carbocycles. The lowest BCUT2D eigenvalue weighted by atomic mass is 10.2. The van der Waals surface area contributed by atoms with Crippen LogP contribution in [0.15, 0.2) is 37.1 Å². The van der Waals surface area contributed by atoms with Gasteiger partial charge in [0.1, 0.15) is 0 Å². The molecule has 0 aliphatic rings. The molecule has 1 N–H and O–H groups in total. The van der Waals surface area contributed by atoms with E-state index in [1.165, 1.54) is 0 Å². The van der Waals surface area contributed by atoms with Crippen molar-refractivity contribution >= 4 is 5.91 Å². The molecule has 3 nitrogen and oxygen atoms in total. The Labute approximate surface area is 90.2 Å². The minimum absolute atomic E-state index is 0.0352. The van der Waals surface area contributed by atoms with Crippen LogP contribution in [-0.4, -0.2) is 10.9 Å². The normalized spacial score (nSPS) is 11.8. The van der Waals surface area contributed by atoms with E-state index in [1.807, 2.05) is 25.1 Å². The number of hydrogen-bond donors (Lipinski definition) is 1. The van der Waals surface area contributed by atoms with Crippen molar-refractivity contribution in [2.24, 2.45) is 0 Å². The first-order chi connectivity index (χ1) is 7.24. The Morgan fingerprint density at radius 3 is 3.07 bits per heavy atom. The molecule has 1 heterocycles. The summed E-state index contributed by atoms with van der Waals surface area (Å²) in [5.74, 6) is 0.0352. The molecule has 0 saturated heterocycles. The SMILES string of the molecule is C=CCCC(=O)N[C@@H](C)c1ccccn1. The molecule has 0 radical (unpaired) electrons. The van der Waals surface area contributed by atoms with Crippen molar-refractivity contribution < 1.29 is 4.79 Å². The van der Waals surface area contributed by atoms with Crippen molar-refractivity contribution in [1.82, 2.24) is 10.3 Å². The molecular weight excluding hydrogens is 188 g/mol. The molecule has 1 amide bonds. The minimum atomic E-state index is -0.0384. The Kier molecular flexibility index (Phi) is 4.54. The molecule has 1 atom stereocenters. The number of amides is 1. The molecule has 0 spiro atoms. The van der Waals surface area contributed by atoms with Gasteiger partial charge in [0.05, 0.1) is 11.7 Å². The number of aromatic nitrogens is 1. The van der Waals surface area contributed by atoms with E-state index in [0.29, 0.717) is 12.8 Å². The van der Waals surface area contributed by atoms with Gasteiger partial charge >= 0.3 is 0 Å². The van der Waals surface area contributed by atoms with Crippen LogP contribution in [-0.2, 0) is 4.79 Å². The van der Waals surface area contributed by atoms with Crippen molar-refractivity contribution in [1.29, 1.82) is 0 Å². The van der Waals surface area contributed by atoms with Gasteiger partial charge in [-0.25, -0.2) is 0 Å². The summed E-state index contributed by atoms with van der Waals surface area (Å²) in [7, 11) is 0. The van der Waals surface area contributed by atoms with Crippen LogP contribution < -0.4 is 5.32 Å². The van der Waals surface area contributed by atoms with Gasteiger partial charge in [0.15, 0.2) is 0 Å². The first kappa shape index (κ1) is 11.4. The maximum absolute atomic E-state index is 11.4. The highest BCUT2D eigenvalue weighted by Gasteiger charge is 2.08. The maximum Gasteiger partial charge on any atom is 0.220 e. The third-order valence-corrected chi connectivity index (χ3v) is 2.08. The fourth-order valence-electron chi connectivity index (χ4n) is 1.25. The Morgan fingerprint density at radius 1 is 1.67 bits per heavy atom. The van der Waals surface area contributed by atoms with Crippen LogP contribution in [0.4, 0.5) is 0 Å². The predicted molar refractivity (Wildman–Crippen MR) is 60.2 cm³/mol. The zero-order valence-corrected chi connectivity index (χ0v) is 8.94. The summed E-state index contributed by atoms with van der Waals surface area (Å²) in [5, 5.41) is 2.88. The number of carbonyl (C=O) groups excluding carboxylic acids is 1. The highest BCUT2D eigenvalue weighted by molar-refractivity contribution is 5.76. The molecular formula is C12H16N2O. The van der Waals surface area contributed by atoms with Crippen LogP contribution in [0.5, 0.6) is 0 Å². The van der Waals surface area contributed by atoms with Gasteiger partial charge in [0.25, 0.3) is 0 Å². The number of pyridine rings is 1. The fourth-order valence-corrected chi connectivity index (χ4v) is 1.25. The van der Waals surface area contributed by atoms with Gasteiger partial charge in [-0.05, 0) is 25.5 Å². The average Bonchev–Trinajstić information content (AvgIpc) is 2.27. The van der Waals surface area contributed by atoms with Gasteiger partial charge in [0.2, 0.25) is 5.91 Å². The third-order valence-electron chi connectivity index (χ3n) is 2.08. The number of nitrogens with one attached hydrogen (secondary N) is 1. The highest BCUT2D eigenvalue weighted by atomic mass is 16.1. The number of allylic oxidation sites excluding steroid dienone is 1. The molecule has 1 rings (SSSR count). The van der Waals surface area contributed by atoms with Gasteiger partial charge in [-0.3, -0.25) is 9.78 Å². The Morgan fingerprint density at radius 2 is 2.47 bits per heavy atom. The summed E-state index contributed by atoms with van der Waals surface area (Å²) in [6.07, 6.45) is 4.66. The van der Waals surface area contributed by atoms with E-state index >= 15 is 0 Å². The maximum atomic E-state index is 11.4. The number of nitrogens with zero attached hydrogens (tertiary/aromatic N) is 1. The van der Waals surface area contributed by atoms with Crippen LogP contribution in [0.25, 0.3) is 0 Å². The first-order valence-corrected chi connectivity index (χ1v) is 5.05. The number of rotatable bonds is 5. The van der Waals surface area contributed by atoms with Crippen LogP contribution in [0.1, 0.15) is 31.5 Å². The lowest BCUT2D eigenvalue weighted by Gasteiger charge is -2.12. The van der Waals surface area contributed by atoms with E-state index in [0.717, 1.165) is 5.69 Å². The van der Waals surface area contributed by atoms with Gasteiger partial charge in [0, 0.05) is 12.6 Å². The standard InChI is InChI=1S/C12H16N2O/c1-3-4-8-12(15)14-10(2)11-7-5-6-9-13-11/h3,5-7,9-10H,1,4,8H2,2H3,(H,14,15)/t10-/m0/s1. The topological polar surface area (TPSA) is 42.0 Å². The number of hydrogen-bond acceptors (Lipinski definition) is 2. The molecule has 0 aromatic carbocycles. The molecule has 0 bridgehead atoms. The smallest absolute Gasteiger partial charge is 0.220 e. The zero-order valence-electron chi connectivity index (χ0n) is 8.94. The van der Waals surface area contributed by atoms with Crippen LogP contribution in [0.2, 0.25) is 0 Å². The van der Waals surface area contributed by atoms with E-state index in [9.17, 15) is 4.79 Å². The Bertz CT molecular complexity index is 322. The van der Waals surface area contributed by atoms with Crippen molar-refractivity contribution in [2.75, 3.05) is 0 Å². The second kappa shape index (κ2) is 5.96. The van der Waals surface area contributed by atoms with E-state index in [1.54, 1.807) is 12.3 Å². The molecule has 3 heteroatoms. The molecule has 0 unspecified atom stereocenters. The van der Waals surface area contributed by atoms with Gasteiger partial charge < -0.3 is 5.32 Å². The first-order valence-electron chi connectivity index (χ1n) is 5.05. The summed E-state index contributed by atoms with van der Waals surface area (Å²) >= 11 is 0. The molecule has 0 aliphatic heterocycles. The van der Waals surface area contributed by atoms with Crippen molar-refractivity contribution in [2.45, 2.75) is 25.8 Å². The Hall–Kier alpha value is -1.64. The lowest BCUT2D eigenvalue weighted by molar-refractivity contribution is -0.121. The second-order valence-electron chi connectivity index (χ2n) is 3.37. The summed E-state index contributed by atoms with van der Waals surface area (Å²) in [6.45, 7) is 5.50. The van der Waals surface area contributed by atoms with Crippen LogP contribution >= 0.6 is 0 Å². The average molecular weight is 204 g/mol. The quantitative estimate of drug-likeness (QED) is 0.747. The summed E-state index contributed by atoms with van der Waals surface area (Å²) in [4.78, 5) is 15.6. The fraction of sp³-hybridized carbons (Fsp3) is 0.333. The molecule has 80 valence electrons. The van der Waals surface area contributed by atoms with Gasteiger partial charge in [-0.1, -0.05) is 12.1 Å². The second-order valence-corrected chi connectivity index (χ2v) is 3.37. The van der Waals surface area contributed by atoms with Crippen molar-refractivity contribution in [3.05, 3.63) is 42.7 Å². The molecule has 1 aromatic heterocycles. The zero-order chi connectivity index (χ0) is 11.1. The molecule has 1 aromatic rings. The predicted octanol–water partition coefficient (Wildman–Crippen LogP) is 2.22. The van der Waals surface area contributed by atoms with Crippen LogP contribution in [0, 0.1) is 0 Å². The molecule has 0 fully saturated rings. The summed E-state index contributed by atoms with van der Waals surface area (Å²) < 4.78 is 0. The van der Waals surface area contributed by atoms with E-state index in [2.05, 4.69) is 16.9 Å². The highest BCUT2D eigenvalue weighted by Crippen LogP contribution is 2.08. The molecule has 0 aliphatic carbocycles. The summed E-state index contributed by atoms with van der Waals surface area (Å²) in [6, 6.07) is 5.63. The van der Waals surface area contributed by atoms with Crippen molar-refractivity contribution in [3.8, 4) is 0 Å². The summed E-state index contributed by atoms with van der Waals surface area (Å²) in [5.41, 5.74) is 0.879. The monoisotopic (exact) mass is 204 g/mol. The largest absolute Gasteiger partial charge is 0.348 e. The Balaban J connectivity index is 2.45. The van der Waals surface area contributed by atoms with E-state index < -0.39 is 0 Å². The van der Waals surface area contributed by atoms with Crippen LogP contribution in [0.3, 0.4) is 0 Å². The van der Waals surface area contributed by atoms with E-state index in [4.69, 9.17) is 0 Å². The van der Waals surface area contributed by atoms with E-state index in [-0.39, 0.29) is 11.9 Å². The molecule has 15 heavy (non-hydrogen) atoms. The van der Waals surface area contributed by atoms with Gasteiger partial charge in [-0.15, -0.1) is 6.58 Å². The lowest BCUT2D eigenvalue weighted by Crippen LogP contribution is -2.26. The van der Waals surface area contributed by atoms with Gasteiger partial charge in [-0.2, -0.15) is 0 Å². The van der Waals surface area contributed by atoms with Crippen molar-refractivity contribution in [3.63, 3.8) is 0 Å². The minimum Gasteiger partial charge on any atom is -0.348 e.